The number of hydrogen-bond donors (Lipinski definition) is 1. The second-order valence-electron chi connectivity index (χ2n) is 3.44. The topological polar surface area (TPSA) is 104 Å². The fraction of sp³-hybridized carbons (Fsp3) is 0.273. The minimum Gasteiger partial charge on any atom is -0.462 e. The molecule has 0 bridgehead atoms. The number of ether oxygens (including phenoxy) is 1. The highest BCUT2D eigenvalue weighted by Crippen LogP contribution is 2.20. The van der Waals surface area contributed by atoms with E-state index in [9.17, 15) is 4.79 Å². The van der Waals surface area contributed by atoms with Crippen LogP contribution in [0.1, 0.15) is 23.0 Å². The molecule has 0 aliphatic carbocycles. The smallest absolute Gasteiger partial charge is 0.343 e. The summed E-state index contributed by atoms with van der Waals surface area (Å²) in [5.74, 6) is 0.833. The molecule has 0 aromatic carbocycles. The first-order chi connectivity index (χ1) is 9.20. The molecule has 0 spiro atoms. The molecule has 0 unspecified atom stereocenters. The van der Waals surface area contributed by atoms with Crippen LogP contribution < -0.4 is 5.73 Å². The lowest BCUT2D eigenvalue weighted by atomic mass is 10.3. The molecule has 2 aromatic heterocycles. The van der Waals surface area contributed by atoms with Crippen molar-refractivity contribution in [3.05, 3.63) is 29.8 Å². The van der Waals surface area contributed by atoms with Gasteiger partial charge in [-0.3, -0.25) is 0 Å². The van der Waals surface area contributed by atoms with E-state index in [4.69, 9.17) is 15.0 Å². The third kappa shape index (κ3) is 3.44. The molecule has 0 amide bonds. The van der Waals surface area contributed by atoms with Crippen LogP contribution in [0.2, 0.25) is 0 Å². The number of nitrogen functional groups attached to an aromatic ring is 1. The Balaban J connectivity index is 2.04. The summed E-state index contributed by atoms with van der Waals surface area (Å²) in [5.41, 5.74) is 5.87. The van der Waals surface area contributed by atoms with Gasteiger partial charge >= 0.3 is 5.97 Å². The lowest BCUT2D eigenvalue weighted by molar-refractivity contribution is 0.0526. The molecule has 19 heavy (non-hydrogen) atoms. The van der Waals surface area contributed by atoms with E-state index >= 15 is 0 Å². The largest absolute Gasteiger partial charge is 0.462 e. The van der Waals surface area contributed by atoms with E-state index in [1.54, 1.807) is 19.2 Å². The Labute approximate surface area is 113 Å². The highest BCUT2D eigenvalue weighted by molar-refractivity contribution is 7.98. The summed E-state index contributed by atoms with van der Waals surface area (Å²) in [6, 6.07) is 1.75. The normalized spacial score (nSPS) is 10.4. The van der Waals surface area contributed by atoms with E-state index in [0.29, 0.717) is 16.7 Å². The molecule has 0 fully saturated rings. The molecule has 2 heterocycles. The van der Waals surface area contributed by atoms with Crippen LogP contribution in [0.5, 0.6) is 0 Å². The maximum atomic E-state index is 11.5. The number of carbonyl (C=O) groups excluding carboxylic acids is 1. The molecule has 100 valence electrons. The van der Waals surface area contributed by atoms with Crippen molar-refractivity contribution in [3.63, 3.8) is 0 Å². The Morgan fingerprint density at radius 2 is 2.42 bits per heavy atom. The fourth-order valence-corrected chi connectivity index (χ4v) is 1.98. The Bertz CT molecular complexity index is 559. The monoisotopic (exact) mass is 280 g/mol. The third-order valence-corrected chi connectivity index (χ3v) is 3.01. The summed E-state index contributed by atoms with van der Waals surface area (Å²) < 4.78 is 9.79. The van der Waals surface area contributed by atoms with Gasteiger partial charge < -0.3 is 15.0 Å². The van der Waals surface area contributed by atoms with Crippen molar-refractivity contribution in [2.45, 2.75) is 17.8 Å². The van der Waals surface area contributed by atoms with Crippen LogP contribution in [-0.4, -0.2) is 27.7 Å². The molecular weight excluding hydrogens is 268 g/mol. The van der Waals surface area contributed by atoms with Gasteiger partial charge in [-0.1, -0.05) is 16.9 Å². The van der Waals surface area contributed by atoms with Crippen molar-refractivity contribution in [2.75, 3.05) is 12.3 Å². The number of thioether (sulfide) groups is 1. The third-order valence-electron chi connectivity index (χ3n) is 2.13. The minimum absolute atomic E-state index is 0.105. The van der Waals surface area contributed by atoms with Crippen molar-refractivity contribution < 1.29 is 14.1 Å². The van der Waals surface area contributed by atoms with Crippen LogP contribution in [-0.2, 0) is 10.5 Å². The summed E-state index contributed by atoms with van der Waals surface area (Å²) in [7, 11) is 0. The molecule has 2 rings (SSSR count). The zero-order valence-electron chi connectivity index (χ0n) is 10.2. The lowest BCUT2D eigenvalue weighted by Gasteiger charge is -2.05. The summed E-state index contributed by atoms with van der Waals surface area (Å²) in [6.45, 7) is 2.00. The number of nitrogens with zero attached hydrogens (tertiary/aromatic N) is 3. The molecule has 0 saturated carbocycles. The second kappa shape index (κ2) is 6.19. The molecule has 0 saturated heterocycles. The average molecular weight is 280 g/mol. The zero-order chi connectivity index (χ0) is 13.7. The van der Waals surface area contributed by atoms with E-state index in [0.717, 1.165) is 0 Å². The predicted molar refractivity (Wildman–Crippen MR) is 68.5 cm³/mol. The van der Waals surface area contributed by atoms with Crippen LogP contribution in [0, 0.1) is 0 Å². The molecular formula is C11H12N4O3S. The number of carbonyl (C=O) groups is 1. The number of aromatic nitrogens is 3. The Morgan fingerprint density at radius 1 is 1.58 bits per heavy atom. The second-order valence-corrected chi connectivity index (χ2v) is 4.38. The quantitative estimate of drug-likeness (QED) is 0.499. The van der Waals surface area contributed by atoms with Crippen LogP contribution >= 0.6 is 11.8 Å². The van der Waals surface area contributed by atoms with E-state index in [1.807, 2.05) is 0 Å². The molecule has 0 aliphatic rings. The molecule has 7 nitrogen and oxygen atoms in total. The van der Waals surface area contributed by atoms with Crippen molar-refractivity contribution >= 4 is 23.5 Å². The number of anilines is 1. The highest BCUT2D eigenvalue weighted by Gasteiger charge is 2.14. The molecule has 2 aromatic rings. The lowest BCUT2D eigenvalue weighted by Crippen LogP contribution is -2.10. The van der Waals surface area contributed by atoms with Crippen molar-refractivity contribution in [1.29, 1.82) is 0 Å². The molecule has 8 heteroatoms. The van der Waals surface area contributed by atoms with Gasteiger partial charge in [0.1, 0.15) is 17.1 Å². The molecule has 0 atom stereocenters. The first-order valence-electron chi connectivity index (χ1n) is 5.52. The van der Waals surface area contributed by atoms with Gasteiger partial charge in [0.05, 0.1) is 18.6 Å². The maximum absolute atomic E-state index is 11.5. The van der Waals surface area contributed by atoms with Gasteiger partial charge in [0.25, 0.3) is 0 Å². The van der Waals surface area contributed by atoms with Gasteiger partial charge in [0.15, 0.2) is 5.16 Å². The number of hydrogen-bond acceptors (Lipinski definition) is 8. The average Bonchev–Trinajstić information content (AvgIpc) is 2.89. The molecule has 0 aliphatic heterocycles. The number of rotatable bonds is 5. The molecule has 0 radical (unpaired) electrons. The van der Waals surface area contributed by atoms with Gasteiger partial charge in [0, 0.05) is 12.3 Å². The summed E-state index contributed by atoms with van der Waals surface area (Å²) in [4.78, 5) is 19.6. The predicted octanol–water partition coefficient (Wildman–Crippen LogP) is 1.52. The maximum Gasteiger partial charge on any atom is 0.343 e. The Kier molecular flexibility index (Phi) is 4.35. The van der Waals surface area contributed by atoms with Gasteiger partial charge in [-0.2, -0.15) is 0 Å². The van der Waals surface area contributed by atoms with E-state index < -0.39 is 5.97 Å². The number of nitrogens with two attached hydrogens (primary N) is 1. The minimum atomic E-state index is -0.521. The fourth-order valence-electron chi connectivity index (χ4n) is 1.27. The SMILES string of the molecule is CCOC(=O)c1cnc(SCc2ccno2)nc1N. The summed E-state index contributed by atoms with van der Waals surface area (Å²) >= 11 is 1.34. The van der Waals surface area contributed by atoms with E-state index in [2.05, 4.69) is 15.1 Å². The van der Waals surface area contributed by atoms with Crippen molar-refractivity contribution in [3.8, 4) is 0 Å². The van der Waals surface area contributed by atoms with E-state index in [1.165, 1.54) is 18.0 Å². The Morgan fingerprint density at radius 3 is 3.05 bits per heavy atom. The zero-order valence-corrected chi connectivity index (χ0v) is 11.0. The number of esters is 1. The van der Waals surface area contributed by atoms with Crippen LogP contribution in [0.25, 0.3) is 0 Å². The summed E-state index contributed by atoms with van der Waals surface area (Å²) in [5, 5.41) is 4.05. The van der Waals surface area contributed by atoms with Gasteiger partial charge in [-0.25, -0.2) is 14.8 Å². The summed E-state index contributed by atoms with van der Waals surface area (Å²) in [6.07, 6.45) is 2.93. The van der Waals surface area contributed by atoms with E-state index in [-0.39, 0.29) is 18.0 Å². The highest BCUT2D eigenvalue weighted by atomic mass is 32.2. The van der Waals surface area contributed by atoms with Gasteiger partial charge in [-0.05, 0) is 6.92 Å². The molecule has 2 N–H and O–H groups in total. The van der Waals surface area contributed by atoms with Crippen molar-refractivity contribution in [2.24, 2.45) is 0 Å². The first-order valence-corrected chi connectivity index (χ1v) is 6.51. The van der Waals surface area contributed by atoms with Crippen LogP contribution in [0.4, 0.5) is 5.82 Å². The standard InChI is InChI=1S/C11H12N4O3S/c1-2-17-10(16)8-5-13-11(15-9(8)12)19-6-7-3-4-14-18-7/h3-5H,2,6H2,1H3,(H2,12,13,15). The Hall–Kier alpha value is -2.09. The van der Waals surface area contributed by atoms with Crippen LogP contribution in [0.3, 0.4) is 0 Å². The van der Waals surface area contributed by atoms with Gasteiger partial charge in [0.2, 0.25) is 0 Å². The van der Waals surface area contributed by atoms with Crippen LogP contribution in [0.15, 0.2) is 28.1 Å². The first kappa shape index (κ1) is 13.3. The van der Waals surface area contributed by atoms with Crippen molar-refractivity contribution in [1.82, 2.24) is 15.1 Å². The van der Waals surface area contributed by atoms with Gasteiger partial charge in [-0.15, -0.1) is 0 Å².